The molecule has 0 saturated heterocycles. The highest BCUT2D eigenvalue weighted by Gasteiger charge is 2.39. The number of sulfonamides is 1. The summed E-state index contributed by atoms with van der Waals surface area (Å²) in [5.41, 5.74) is 9.16. The van der Waals surface area contributed by atoms with Crippen molar-refractivity contribution in [3.63, 3.8) is 0 Å². The SMILES string of the molecule is CC[C@H](C)[C@@H]1NC(=O)[C@@H](NC(=O)[C@H](CC(C)C)NC(=O)N[C@@H](Cc2ccccc2)C(=O)OC(C)(C)C)Cc2cn(c3ccccc23)C(=O)[C@H](CC(C)C)NC(=O)[C@H](CCCN=C(N)NS(=O)(=O)c2c(C)c(C)c3c(c2C)CC(C)(C)O3)NC1=O. The second-order valence-corrected chi connectivity index (χ2v) is 26.5. The van der Waals surface area contributed by atoms with Gasteiger partial charge in [0.1, 0.15) is 53.2 Å². The average Bonchev–Trinajstić information content (AvgIpc) is 2.30. The van der Waals surface area contributed by atoms with Crippen LogP contribution in [0, 0.1) is 38.5 Å². The predicted molar refractivity (Wildman–Crippen MR) is 323 cm³/mol. The Bertz CT molecular complexity index is 3240. The largest absolute Gasteiger partial charge is 0.487 e. The second-order valence-electron chi connectivity index (χ2n) is 24.9. The summed E-state index contributed by atoms with van der Waals surface area (Å²) < 4.78 is 43.6. The quantitative estimate of drug-likeness (QED) is 0.0224. The van der Waals surface area contributed by atoms with Crippen molar-refractivity contribution in [1.82, 2.24) is 41.2 Å². The van der Waals surface area contributed by atoms with Gasteiger partial charge >= 0.3 is 12.0 Å². The fraction of sp³-hybridized carbons (Fsp3) is 0.548. The van der Waals surface area contributed by atoms with Crippen molar-refractivity contribution in [2.75, 3.05) is 6.54 Å². The first-order chi connectivity index (χ1) is 39.3. The lowest BCUT2D eigenvalue weighted by Crippen LogP contribution is -2.61. The summed E-state index contributed by atoms with van der Waals surface area (Å²) in [5, 5.41) is 17.6. The van der Waals surface area contributed by atoms with E-state index < -0.39 is 105 Å². The van der Waals surface area contributed by atoms with Crippen LogP contribution >= 0.6 is 0 Å². The van der Waals surface area contributed by atoms with Crippen LogP contribution in [0.3, 0.4) is 0 Å². The molecule has 84 heavy (non-hydrogen) atoms. The number of hydrogen-bond donors (Lipinski definition) is 8. The molecule has 2 bridgehead atoms. The van der Waals surface area contributed by atoms with Crippen molar-refractivity contribution < 1.29 is 51.5 Å². The highest BCUT2D eigenvalue weighted by Crippen LogP contribution is 2.44. The number of fused-ring (bicyclic) bond motifs is 6. The molecule has 4 aromatic rings. The first-order valence-corrected chi connectivity index (χ1v) is 30.6. The summed E-state index contributed by atoms with van der Waals surface area (Å²) >= 11 is 0. The van der Waals surface area contributed by atoms with Crippen molar-refractivity contribution >= 4 is 68.4 Å². The lowest BCUT2D eigenvalue weighted by atomic mass is 9.94. The third kappa shape index (κ3) is 16.9. The van der Waals surface area contributed by atoms with E-state index >= 15 is 0 Å². The normalized spacial score (nSPS) is 19.8. The molecule has 2 aliphatic heterocycles. The molecule has 458 valence electrons. The van der Waals surface area contributed by atoms with Gasteiger partial charge in [0.15, 0.2) is 0 Å². The highest BCUT2D eigenvalue weighted by atomic mass is 32.2. The zero-order valence-corrected chi connectivity index (χ0v) is 52.0. The molecule has 1 aromatic heterocycles. The summed E-state index contributed by atoms with van der Waals surface area (Å²) in [7, 11) is -4.23. The van der Waals surface area contributed by atoms with Crippen LogP contribution in [0.5, 0.6) is 5.75 Å². The number of carbonyl (C=O) groups is 7. The second kappa shape index (κ2) is 27.5. The van der Waals surface area contributed by atoms with Gasteiger partial charge in [-0.25, -0.2) is 22.7 Å². The smallest absolute Gasteiger partial charge is 0.329 e. The molecule has 0 fully saturated rings. The molecule has 0 unspecified atom stereocenters. The predicted octanol–water partition coefficient (Wildman–Crippen LogP) is 6.25. The Morgan fingerprint density at radius 3 is 2.13 bits per heavy atom. The van der Waals surface area contributed by atoms with Gasteiger partial charge in [-0.3, -0.25) is 33.5 Å². The Morgan fingerprint density at radius 2 is 1.49 bits per heavy atom. The van der Waals surface area contributed by atoms with E-state index in [1.165, 1.54) is 4.57 Å². The summed E-state index contributed by atoms with van der Waals surface area (Å²) in [6.07, 6.45) is 2.80. The van der Waals surface area contributed by atoms with Gasteiger partial charge in [0.05, 0.1) is 10.4 Å². The number of aliphatic imine (C=N–C) groups is 1. The van der Waals surface area contributed by atoms with E-state index in [4.69, 9.17) is 15.2 Å². The molecule has 3 heterocycles. The number of nitrogens with two attached hydrogens (primary N) is 1. The average molecular weight is 1180 g/mol. The molecular formula is C62H88N10O11S. The van der Waals surface area contributed by atoms with Gasteiger partial charge in [-0.05, 0) is 133 Å². The molecule has 7 atom stereocenters. The fourth-order valence-electron chi connectivity index (χ4n) is 10.8. The molecule has 22 heteroatoms. The van der Waals surface area contributed by atoms with E-state index in [2.05, 4.69) is 41.6 Å². The van der Waals surface area contributed by atoms with Gasteiger partial charge in [-0.1, -0.05) is 96.5 Å². The van der Waals surface area contributed by atoms with Crippen molar-refractivity contribution in [2.24, 2.45) is 28.5 Å². The number of guanidine groups is 1. The Hall–Kier alpha value is -7.49. The van der Waals surface area contributed by atoms with Gasteiger partial charge in [-0.15, -0.1) is 0 Å². The summed E-state index contributed by atoms with van der Waals surface area (Å²) in [5.74, 6) is -4.54. The van der Waals surface area contributed by atoms with Crippen LogP contribution in [-0.4, -0.2) is 114 Å². The first kappa shape index (κ1) is 65.7. The molecule has 9 N–H and O–H groups in total. The Kier molecular flexibility index (Phi) is 21.5. The Labute approximate surface area is 494 Å². The maximum Gasteiger partial charge on any atom is 0.329 e. The minimum atomic E-state index is -4.23. The number of benzene rings is 3. The zero-order valence-electron chi connectivity index (χ0n) is 51.2. The van der Waals surface area contributed by atoms with Crippen molar-refractivity contribution in [2.45, 2.75) is 201 Å². The van der Waals surface area contributed by atoms with Gasteiger partial charge in [0.2, 0.25) is 29.6 Å². The number of urea groups is 1. The highest BCUT2D eigenvalue weighted by molar-refractivity contribution is 7.90. The standard InChI is InChI=1S/C62H88N10O11S/c1-15-36(6)50-56(76)65-44(25-21-27-64-59(63)71-84(80,81)52-38(8)37(7)51-43(39(52)9)32-62(13,14)82-51)53(73)67-47(29-35(4)5)57(77)72-33-41(42-24-19-20-26-49(42)72)31-46(55(75)70-50)66-54(74)45(28-34(2)3)68-60(79)69-48(58(78)83-61(10,11)12)30-40-22-17-16-18-23-40/h16-20,22-24,26,33-36,44-48,50H,15,21,25,27-32H2,1-14H3,(H,65,76)(H,66,74)(H,67,73)(H,70,75)(H3,63,64,71)(H2,68,69,79)/t36-,44-,45-,46-,47-,48-,50-/m0/s1. The van der Waals surface area contributed by atoms with E-state index in [1.807, 2.05) is 85.7 Å². The van der Waals surface area contributed by atoms with E-state index in [0.717, 1.165) is 11.1 Å². The van der Waals surface area contributed by atoms with Crippen molar-refractivity contribution in [1.29, 1.82) is 0 Å². The topological polar surface area (TPSA) is 300 Å². The molecule has 6 rings (SSSR count). The lowest BCUT2D eigenvalue weighted by molar-refractivity contribution is -0.157. The van der Waals surface area contributed by atoms with Gasteiger partial charge in [0.25, 0.3) is 15.9 Å². The molecule has 2 aliphatic rings. The third-order valence-electron chi connectivity index (χ3n) is 15.2. The maximum absolute atomic E-state index is 15.0. The van der Waals surface area contributed by atoms with E-state index in [-0.39, 0.29) is 67.8 Å². The van der Waals surface area contributed by atoms with E-state index in [0.29, 0.717) is 51.7 Å². The van der Waals surface area contributed by atoms with Crippen LogP contribution in [0.4, 0.5) is 4.79 Å². The van der Waals surface area contributed by atoms with Crippen molar-refractivity contribution in [3.05, 3.63) is 94.2 Å². The van der Waals surface area contributed by atoms with Crippen LogP contribution in [0.25, 0.3) is 10.9 Å². The summed E-state index contributed by atoms with van der Waals surface area (Å²) in [6.45, 7) is 25.3. The number of amides is 6. The molecule has 0 saturated carbocycles. The summed E-state index contributed by atoms with van der Waals surface area (Å²) in [4.78, 5) is 106. The molecule has 0 aliphatic carbocycles. The number of aromatic nitrogens is 1. The van der Waals surface area contributed by atoms with Crippen LogP contribution in [0.2, 0.25) is 0 Å². The Morgan fingerprint density at radius 1 is 0.845 bits per heavy atom. The fourth-order valence-corrected chi connectivity index (χ4v) is 12.3. The summed E-state index contributed by atoms with van der Waals surface area (Å²) in [6, 6.07) is 7.89. The Balaban J connectivity index is 1.30. The molecule has 21 nitrogen and oxygen atoms in total. The number of nitrogens with one attached hydrogen (secondary N) is 7. The number of rotatable bonds is 19. The first-order valence-electron chi connectivity index (χ1n) is 29.1. The number of nitrogens with zero attached hydrogens (tertiary/aromatic N) is 2. The van der Waals surface area contributed by atoms with Crippen LogP contribution < -0.4 is 47.1 Å². The number of para-hydroxylation sites is 1. The number of carbonyl (C=O) groups excluding carboxylic acids is 7. The van der Waals surface area contributed by atoms with E-state index in [1.54, 1.807) is 72.0 Å². The minimum absolute atomic E-state index is 0.0548. The number of esters is 1. The molecule has 0 spiro atoms. The van der Waals surface area contributed by atoms with Gasteiger partial charge in [-0.2, -0.15) is 0 Å². The number of ether oxygens (including phenoxy) is 2. The van der Waals surface area contributed by atoms with Gasteiger partial charge < -0.3 is 47.1 Å². The minimum Gasteiger partial charge on any atom is -0.487 e. The van der Waals surface area contributed by atoms with Crippen LogP contribution in [0.1, 0.15) is 146 Å². The molecule has 6 amide bonds. The lowest BCUT2D eigenvalue weighted by Gasteiger charge is -2.30. The van der Waals surface area contributed by atoms with E-state index in [9.17, 15) is 42.0 Å². The molecule has 0 radical (unpaired) electrons. The van der Waals surface area contributed by atoms with Crippen LogP contribution in [0.15, 0.2) is 70.7 Å². The molecular weight excluding hydrogens is 1090 g/mol. The van der Waals surface area contributed by atoms with Crippen LogP contribution in [-0.2, 0) is 58.0 Å². The monoisotopic (exact) mass is 1180 g/mol. The third-order valence-corrected chi connectivity index (χ3v) is 16.8. The van der Waals surface area contributed by atoms with Crippen molar-refractivity contribution in [3.8, 4) is 5.75 Å². The van der Waals surface area contributed by atoms with Gasteiger partial charge in [0, 0.05) is 43.0 Å². The number of hydrogen-bond acceptors (Lipinski definition) is 12. The zero-order chi connectivity index (χ0) is 62.2. The molecule has 3 aromatic carbocycles. The maximum atomic E-state index is 15.0.